The van der Waals surface area contributed by atoms with E-state index in [9.17, 15) is 0 Å². The molecular formula is C13H23N3O3. The first kappa shape index (κ1) is 14.4. The Bertz CT molecular complexity index is 406. The number of nitrogens with one attached hydrogen (secondary N) is 1. The van der Waals surface area contributed by atoms with E-state index in [0.717, 1.165) is 12.8 Å². The molecule has 1 aromatic heterocycles. The first-order valence-electron chi connectivity index (χ1n) is 6.79. The summed E-state index contributed by atoms with van der Waals surface area (Å²) in [6, 6.07) is 0. The van der Waals surface area contributed by atoms with Crippen LogP contribution in [0, 0.1) is 0 Å². The Labute approximate surface area is 113 Å². The van der Waals surface area contributed by atoms with Crippen molar-refractivity contribution in [3.63, 3.8) is 0 Å². The maximum Gasteiger partial charge on any atom is 0.246 e. The highest BCUT2D eigenvalue weighted by Crippen LogP contribution is 2.35. The summed E-state index contributed by atoms with van der Waals surface area (Å²) in [4.78, 5) is 4.55. The van der Waals surface area contributed by atoms with Gasteiger partial charge in [-0.2, -0.15) is 4.98 Å². The van der Waals surface area contributed by atoms with Gasteiger partial charge in [0.05, 0.1) is 5.54 Å². The van der Waals surface area contributed by atoms with E-state index in [4.69, 9.17) is 14.0 Å². The fraction of sp³-hybridized carbons (Fsp3) is 0.846. The second kappa shape index (κ2) is 5.56. The van der Waals surface area contributed by atoms with Crippen LogP contribution in [0.5, 0.6) is 0 Å². The van der Waals surface area contributed by atoms with Crippen LogP contribution in [0.4, 0.5) is 0 Å². The normalized spacial score (nSPS) is 19.6. The highest BCUT2D eigenvalue weighted by molar-refractivity contribution is 5.07. The van der Waals surface area contributed by atoms with Crippen LogP contribution in [-0.4, -0.2) is 37.0 Å². The number of hydrogen-bond acceptors (Lipinski definition) is 6. The molecule has 0 amide bonds. The molecule has 1 saturated heterocycles. The molecule has 0 spiro atoms. The Morgan fingerprint density at radius 2 is 2.05 bits per heavy atom. The zero-order valence-corrected chi connectivity index (χ0v) is 12.2. The molecule has 19 heavy (non-hydrogen) atoms. The van der Waals surface area contributed by atoms with Crippen LogP contribution < -0.4 is 5.32 Å². The lowest BCUT2D eigenvalue weighted by molar-refractivity contribution is -0.118. The van der Waals surface area contributed by atoms with Crippen molar-refractivity contribution in [1.82, 2.24) is 15.5 Å². The average Bonchev–Trinajstić information content (AvgIpc) is 2.91. The van der Waals surface area contributed by atoms with Gasteiger partial charge in [-0.25, -0.2) is 0 Å². The van der Waals surface area contributed by atoms with E-state index >= 15 is 0 Å². The Morgan fingerprint density at radius 1 is 1.37 bits per heavy atom. The summed E-state index contributed by atoms with van der Waals surface area (Å²) < 4.78 is 16.7. The number of hydrogen-bond donors (Lipinski definition) is 1. The lowest BCUT2D eigenvalue weighted by Gasteiger charge is -2.33. The Hall–Kier alpha value is -0.980. The molecular weight excluding hydrogens is 246 g/mol. The third-order valence-electron chi connectivity index (χ3n) is 3.71. The maximum atomic E-state index is 5.93. The van der Waals surface area contributed by atoms with Gasteiger partial charge in [-0.15, -0.1) is 0 Å². The molecule has 0 aliphatic carbocycles. The summed E-state index contributed by atoms with van der Waals surface area (Å²) in [7, 11) is 1.87. The standard InChI is InChI=1S/C13H23N3O3/c1-5-18-13(6-8-17-9-7-13)10-15-11(19-16-10)12(2,3)14-4/h14H,5-9H2,1-4H3. The SMILES string of the molecule is CCOC1(c2noc(C(C)(C)NC)n2)CCOCC1. The zero-order valence-electron chi connectivity index (χ0n) is 12.2. The fourth-order valence-corrected chi connectivity index (χ4v) is 2.18. The van der Waals surface area contributed by atoms with Crippen LogP contribution in [0.25, 0.3) is 0 Å². The van der Waals surface area contributed by atoms with Crippen molar-refractivity contribution < 1.29 is 14.0 Å². The van der Waals surface area contributed by atoms with Crippen molar-refractivity contribution in [2.45, 2.75) is 44.8 Å². The third kappa shape index (κ3) is 2.80. The number of ether oxygens (including phenoxy) is 2. The van der Waals surface area contributed by atoms with E-state index in [-0.39, 0.29) is 5.54 Å². The van der Waals surface area contributed by atoms with Crippen LogP contribution in [-0.2, 0) is 20.6 Å². The minimum Gasteiger partial charge on any atom is -0.381 e. The van der Waals surface area contributed by atoms with Crippen LogP contribution in [0.3, 0.4) is 0 Å². The van der Waals surface area contributed by atoms with E-state index in [1.807, 2.05) is 27.8 Å². The molecule has 1 N–H and O–H groups in total. The van der Waals surface area contributed by atoms with Crippen molar-refractivity contribution in [3.8, 4) is 0 Å². The van der Waals surface area contributed by atoms with Crippen LogP contribution in [0.15, 0.2) is 4.52 Å². The average molecular weight is 269 g/mol. The van der Waals surface area contributed by atoms with E-state index in [2.05, 4.69) is 15.5 Å². The molecule has 0 saturated carbocycles. The summed E-state index contributed by atoms with van der Waals surface area (Å²) in [6.45, 7) is 7.94. The van der Waals surface area contributed by atoms with Gasteiger partial charge in [-0.1, -0.05) is 5.16 Å². The minimum absolute atomic E-state index is 0.343. The quantitative estimate of drug-likeness (QED) is 0.875. The van der Waals surface area contributed by atoms with Crippen LogP contribution in [0.1, 0.15) is 45.3 Å². The summed E-state index contributed by atoms with van der Waals surface area (Å²) in [5.41, 5.74) is -0.803. The molecule has 1 aromatic rings. The zero-order chi connectivity index (χ0) is 13.9. The van der Waals surface area contributed by atoms with Gasteiger partial charge in [-0.05, 0) is 27.8 Å². The van der Waals surface area contributed by atoms with Gasteiger partial charge >= 0.3 is 0 Å². The first-order valence-corrected chi connectivity index (χ1v) is 6.79. The molecule has 0 aromatic carbocycles. The van der Waals surface area contributed by atoms with E-state index in [0.29, 0.717) is 31.5 Å². The molecule has 108 valence electrons. The molecule has 6 heteroatoms. The summed E-state index contributed by atoms with van der Waals surface area (Å²) in [6.07, 6.45) is 1.53. The van der Waals surface area contributed by atoms with Crippen molar-refractivity contribution in [2.75, 3.05) is 26.9 Å². The molecule has 1 aliphatic rings. The monoisotopic (exact) mass is 269 g/mol. The molecule has 0 bridgehead atoms. The first-order chi connectivity index (χ1) is 9.04. The number of nitrogens with zero attached hydrogens (tertiary/aromatic N) is 2. The summed E-state index contributed by atoms with van der Waals surface area (Å²) in [5.74, 6) is 1.21. The number of rotatable bonds is 5. The highest BCUT2D eigenvalue weighted by Gasteiger charge is 2.41. The molecule has 2 heterocycles. The lowest BCUT2D eigenvalue weighted by Crippen LogP contribution is -2.38. The molecule has 1 aliphatic heterocycles. The molecule has 0 unspecified atom stereocenters. The highest BCUT2D eigenvalue weighted by atomic mass is 16.5. The van der Waals surface area contributed by atoms with E-state index in [1.54, 1.807) is 0 Å². The topological polar surface area (TPSA) is 69.4 Å². The Kier molecular flexibility index (Phi) is 4.23. The molecule has 1 fully saturated rings. The molecule has 0 atom stereocenters. The van der Waals surface area contributed by atoms with Gasteiger partial charge in [0.25, 0.3) is 0 Å². The third-order valence-corrected chi connectivity index (χ3v) is 3.71. The second-order valence-corrected chi connectivity index (χ2v) is 5.34. The smallest absolute Gasteiger partial charge is 0.246 e. The van der Waals surface area contributed by atoms with E-state index < -0.39 is 5.60 Å². The minimum atomic E-state index is -0.460. The lowest BCUT2D eigenvalue weighted by atomic mass is 9.93. The summed E-state index contributed by atoms with van der Waals surface area (Å²) >= 11 is 0. The Morgan fingerprint density at radius 3 is 2.63 bits per heavy atom. The van der Waals surface area contributed by atoms with Crippen molar-refractivity contribution in [2.24, 2.45) is 0 Å². The van der Waals surface area contributed by atoms with E-state index in [1.165, 1.54) is 0 Å². The van der Waals surface area contributed by atoms with Crippen molar-refractivity contribution in [1.29, 1.82) is 0 Å². The fourth-order valence-electron chi connectivity index (χ4n) is 2.18. The largest absolute Gasteiger partial charge is 0.381 e. The van der Waals surface area contributed by atoms with Crippen molar-refractivity contribution >= 4 is 0 Å². The predicted molar refractivity (Wildman–Crippen MR) is 69.7 cm³/mol. The van der Waals surface area contributed by atoms with Gasteiger partial charge < -0.3 is 19.3 Å². The summed E-state index contributed by atoms with van der Waals surface area (Å²) in [5, 5.41) is 7.29. The number of aromatic nitrogens is 2. The van der Waals surface area contributed by atoms with Gasteiger partial charge in [0, 0.05) is 32.7 Å². The molecule has 6 nitrogen and oxygen atoms in total. The predicted octanol–water partition coefficient (Wildman–Crippen LogP) is 1.57. The maximum absolute atomic E-state index is 5.93. The van der Waals surface area contributed by atoms with Crippen LogP contribution >= 0.6 is 0 Å². The van der Waals surface area contributed by atoms with Gasteiger partial charge in [-0.3, -0.25) is 0 Å². The molecule has 2 rings (SSSR count). The Balaban J connectivity index is 2.28. The van der Waals surface area contributed by atoms with Gasteiger partial charge in [0.1, 0.15) is 5.60 Å². The van der Waals surface area contributed by atoms with Gasteiger partial charge in [0.15, 0.2) is 0 Å². The van der Waals surface area contributed by atoms with Crippen LogP contribution in [0.2, 0.25) is 0 Å². The van der Waals surface area contributed by atoms with Gasteiger partial charge in [0.2, 0.25) is 11.7 Å². The van der Waals surface area contributed by atoms with Crippen molar-refractivity contribution in [3.05, 3.63) is 11.7 Å². The second-order valence-electron chi connectivity index (χ2n) is 5.34. The molecule has 0 radical (unpaired) electrons.